The molecule has 0 radical (unpaired) electrons. The van der Waals surface area contributed by atoms with Gasteiger partial charge in [-0.1, -0.05) is 0 Å². The molecule has 2 aliphatic heterocycles. The molecular weight excluding hydrogens is 390 g/mol. The van der Waals surface area contributed by atoms with Crippen LogP contribution in [-0.4, -0.2) is 62.4 Å². The van der Waals surface area contributed by atoms with Gasteiger partial charge in [0.15, 0.2) is 0 Å². The number of amides is 1. The summed E-state index contributed by atoms with van der Waals surface area (Å²) in [7, 11) is -3.29. The van der Waals surface area contributed by atoms with Gasteiger partial charge in [0.05, 0.1) is 17.8 Å². The standard InChI is InChI=1S/C21H31N3O4S/c1-29(27,28)22-16-3-5-17(6-4-16)23-13-2-11-21(15-23)12-14-24(20(21)26)18-7-9-19(25)10-8-18/h3-6,18-19,22,25H,2,7-15H2,1H3/t18?,19?,21-/m1/s1. The largest absolute Gasteiger partial charge is 0.393 e. The first kappa shape index (κ1) is 20.5. The summed E-state index contributed by atoms with van der Waals surface area (Å²) in [6, 6.07) is 7.67. The highest BCUT2D eigenvalue weighted by atomic mass is 32.2. The van der Waals surface area contributed by atoms with Crippen molar-refractivity contribution in [1.29, 1.82) is 0 Å². The molecule has 1 aliphatic carbocycles. The molecule has 160 valence electrons. The Bertz CT molecular complexity index is 849. The highest BCUT2D eigenvalue weighted by Gasteiger charge is 2.50. The summed E-state index contributed by atoms with van der Waals surface area (Å²) < 4.78 is 25.3. The number of carbonyl (C=O) groups excluding carboxylic acids is 1. The average Bonchev–Trinajstić information content (AvgIpc) is 2.98. The first-order chi connectivity index (χ1) is 13.8. The van der Waals surface area contributed by atoms with Crippen LogP contribution in [0.15, 0.2) is 24.3 Å². The van der Waals surface area contributed by atoms with Crippen LogP contribution in [0.25, 0.3) is 0 Å². The van der Waals surface area contributed by atoms with E-state index in [1.807, 2.05) is 12.1 Å². The lowest BCUT2D eigenvalue weighted by molar-refractivity contribution is -0.139. The van der Waals surface area contributed by atoms with Crippen molar-refractivity contribution in [2.24, 2.45) is 5.41 Å². The van der Waals surface area contributed by atoms with Crippen LogP contribution in [0.3, 0.4) is 0 Å². The summed E-state index contributed by atoms with van der Waals surface area (Å²) in [4.78, 5) is 17.8. The van der Waals surface area contributed by atoms with E-state index in [0.29, 0.717) is 11.6 Å². The summed E-state index contributed by atoms with van der Waals surface area (Å²) in [5.41, 5.74) is 1.26. The fourth-order valence-corrected chi connectivity index (χ4v) is 5.82. The zero-order valence-corrected chi connectivity index (χ0v) is 17.8. The number of carbonyl (C=O) groups is 1. The lowest BCUT2D eigenvalue weighted by Crippen LogP contribution is -2.50. The SMILES string of the molecule is CS(=O)(=O)Nc1ccc(N2CCC[C@@]3(CCN(C4CCC(O)CC4)C3=O)C2)cc1. The molecule has 1 spiro atoms. The highest BCUT2D eigenvalue weighted by Crippen LogP contribution is 2.43. The van der Waals surface area contributed by atoms with Crippen LogP contribution in [0.5, 0.6) is 0 Å². The van der Waals surface area contributed by atoms with Crippen molar-refractivity contribution in [3.63, 3.8) is 0 Å². The van der Waals surface area contributed by atoms with Crippen molar-refractivity contribution in [3.8, 4) is 0 Å². The molecule has 8 heteroatoms. The monoisotopic (exact) mass is 421 g/mol. The Balaban J connectivity index is 1.45. The molecule has 2 N–H and O–H groups in total. The molecule has 4 rings (SSSR count). The predicted molar refractivity (Wildman–Crippen MR) is 113 cm³/mol. The fraction of sp³-hybridized carbons (Fsp3) is 0.667. The van der Waals surface area contributed by atoms with E-state index in [1.165, 1.54) is 0 Å². The number of aliphatic hydroxyl groups excluding tert-OH is 1. The molecule has 1 aromatic carbocycles. The fourth-order valence-electron chi connectivity index (χ4n) is 5.25. The minimum atomic E-state index is -3.29. The van der Waals surface area contributed by atoms with Crippen LogP contribution in [-0.2, 0) is 14.8 Å². The zero-order valence-electron chi connectivity index (χ0n) is 17.0. The maximum Gasteiger partial charge on any atom is 0.230 e. The summed E-state index contributed by atoms with van der Waals surface area (Å²) in [5, 5.41) is 9.77. The number of anilines is 2. The van der Waals surface area contributed by atoms with Crippen molar-refractivity contribution in [2.75, 3.05) is 35.5 Å². The molecule has 1 saturated carbocycles. The Morgan fingerprint density at radius 2 is 1.76 bits per heavy atom. The van der Waals surface area contributed by atoms with Gasteiger partial charge in [0.25, 0.3) is 0 Å². The van der Waals surface area contributed by atoms with E-state index in [9.17, 15) is 18.3 Å². The number of nitrogens with zero attached hydrogens (tertiary/aromatic N) is 2. The number of rotatable bonds is 4. The van der Waals surface area contributed by atoms with E-state index in [2.05, 4.69) is 14.5 Å². The second-order valence-electron chi connectivity index (χ2n) is 8.94. The van der Waals surface area contributed by atoms with Crippen molar-refractivity contribution >= 4 is 27.3 Å². The van der Waals surface area contributed by atoms with Crippen LogP contribution >= 0.6 is 0 Å². The molecule has 3 fully saturated rings. The van der Waals surface area contributed by atoms with E-state index in [4.69, 9.17) is 0 Å². The van der Waals surface area contributed by atoms with Crippen LogP contribution in [0.4, 0.5) is 11.4 Å². The van der Waals surface area contributed by atoms with Gasteiger partial charge in [-0.3, -0.25) is 9.52 Å². The number of benzene rings is 1. The van der Waals surface area contributed by atoms with E-state index >= 15 is 0 Å². The molecule has 7 nitrogen and oxygen atoms in total. The molecule has 0 unspecified atom stereocenters. The number of hydrogen-bond donors (Lipinski definition) is 2. The maximum absolute atomic E-state index is 13.4. The van der Waals surface area contributed by atoms with Crippen LogP contribution < -0.4 is 9.62 Å². The third kappa shape index (κ3) is 4.38. The van der Waals surface area contributed by atoms with Crippen LogP contribution in [0, 0.1) is 5.41 Å². The van der Waals surface area contributed by atoms with E-state index in [-0.39, 0.29) is 17.6 Å². The Morgan fingerprint density at radius 1 is 1.07 bits per heavy atom. The molecule has 1 amide bonds. The minimum absolute atomic E-state index is 0.205. The topological polar surface area (TPSA) is 90.0 Å². The molecule has 3 aliphatic rings. The van der Waals surface area contributed by atoms with Crippen molar-refractivity contribution in [3.05, 3.63) is 24.3 Å². The van der Waals surface area contributed by atoms with Gasteiger partial charge < -0.3 is 14.9 Å². The Morgan fingerprint density at radius 3 is 2.41 bits per heavy atom. The zero-order chi connectivity index (χ0) is 20.6. The number of likely N-dealkylation sites (tertiary alicyclic amines) is 1. The average molecular weight is 422 g/mol. The summed E-state index contributed by atoms with van der Waals surface area (Å²) in [5.74, 6) is 0.291. The number of aliphatic hydroxyl groups is 1. The van der Waals surface area contributed by atoms with Gasteiger partial charge in [0.1, 0.15) is 0 Å². The molecule has 0 bridgehead atoms. The Kier molecular flexibility index (Phi) is 5.50. The predicted octanol–water partition coefficient (Wildman–Crippen LogP) is 2.18. The number of hydrogen-bond acceptors (Lipinski definition) is 5. The van der Waals surface area contributed by atoms with Crippen LogP contribution in [0.2, 0.25) is 0 Å². The third-order valence-corrected chi connectivity index (χ3v) is 7.37. The Labute approximate surface area is 173 Å². The van der Waals surface area contributed by atoms with Gasteiger partial charge in [-0.05, 0) is 69.2 Å². The maximum atomic E-state index is 13.4. The first-order valence-corrected chi connectivity index (χ1v) is 12.5. The van der Waals surface area contributed by atoms with Gasteiger partial charge in [-0.2, -0.15) is 0 Å². The van der Waals surface area contributed by atoms with Gasteiger partial charge in [-0.25, -0.2) is 8.42 Å². The number of sulfonamides is 1. The van der Waals surface area contributed by atoms with Crippen molar-refractivity contribution in [1.82, 2.24) is 4.90 Å². The van der Waals surface area contributed by atoms with Crippen molar-refractivity contribution < 1.29 is 18.3 Å². The van der Waals surface area contributed by atoms with Crippen LogP contribution in [0.1, 0.15) is 44.9 Å². The summed E-state index contributed by atoms with van der Waals surface area (Å²) >= 11 is 0. The van der Waals surface area contributed by atoms with E-state index in [1.54, 1.807) is 12.1 Å². The third-order valence-electron chi connectivity index (χ3n) is 6.77. The lowest BCUT2D eigenvalue weighted by atomic mass is 9.78. The molecule has 1 aromatic rings. The van der Waals surface area contributed by atoms with E-state index < -0.39 is 10.0 Å². The molecule has 29 heavy (non-hydrogen) atoms. The normalized spacial score (nSPS) is 30.8. The summed E-state index contributed by atoms with van der Waals surface area (Å²) in [6.07, 6.45) is 7.14. The first-order valence-electron chi connectivity index (χ1n) is 10.6. The molecular formula is C21H31N3O4S. The second-order valence-corrected chi connectivity index (χ2v) is 10.7. The molecule has 0 aromatic heterocycles. The number of nitrogens with one attached hydrogen (secondary N) is 1. The lowest BCUT2D eigenvalue weighted by Gasteiger charge is -2.41. The van der Waals surface area contributed by atoms with Gasteiger partial charge >= 0.3 is 0 Å². The van der Waals surface area contributed by atoms with Crippen molar-refractivity contribution in [2.45, 2.75) is 57.1 Å². The Hall–Kier alpha value is -1.80. The van der Waals surface area contributed by atoms with Gasteiger partial charge in [0, 0.05) is 37.1 Å². The molecule has 2 heterocycles. The summed E-state index contributed by atoms with van der Waals surface area (Å²) in [6.45, 7) is 2.45. The minimum Gasteiger partial charge on any atom is -0.393 e. The quantitative estimate of drug-likeness (QED) is 0.778. The van der Waals surface area contributed by atoms with Gasteiger partial charge in [-0.15, -0.1) is 0 Å². The molecule has 2 saturated heterocycles. The number of piperidine rings is 1. The van der Waals surface area contributed by atoms with Gasteiger partial charge in [0.2, 0.25) is 15.9 Å². The van der Waals surface area contributed by atoms with E-state index in [0.717, 1.165) is 76.5 Å². The molecule has 1 atom stereocenters. The smallest absolute Gasteiger partial charge is 0.230 e. The second kappa shape index (κ2) is 7.80. The highest BCUT2D eigenvalue weighted by molar-refractivity contribution is 7.92.